The van der Waals surface area contributed by atoms with Crippen molar-refractivity contribution in [3.05, 3.63) is 224 Å². The van der Waals surface area contributed by atoms with Gasteiger partial charge in [-0.1, -0.05) is 158 Å². The van der Waals surface area contributed by atoms with Gasteiger partial charge in [-0.05, 0) is 110 Å². The molecule has 1 aliphatic carbocycles. The number of allylic oxidation sites excluding steroid dienone is 2. The molecule has 1 aliphatic heterocycles. The molecule has 2 atom stereocenters. The molecule has 256 valence electrons. The lowest BCUT2D eigenvalue weighted by molar-refractivity contribution is 0.745. The maximum atomic E-state index is 2.51. The Morgan fingerprint density at radius 3 is 1.78 bits per heavy atom. The number of nitrogens with zero attached hydrogens (tertiary/aromatic N) is 2. The summed E-state index contributed by atoms with van der Waals surface area (Å²) in [5.41, 5.74) is 14.5. The largest absolute Gasteiger partial charge is 0.333 e. The van der Waals surface area contributed by atoms with E-state index in [-0.39, 0.29) is 12.0 Å². The molecule has 10 rings (SSSR count). The third-order valence-electron chi connectivity index (χ3n) is 10.9. The van der Waals surface area contributed by atoms with E-state index in [9.17, 15) is 0 Å². The van der Waals surface area contributed by atoms with E-state index in [4.69, 9.17) is 0 Å². The first kappa shape index (κ1) is 31.8. The van der Waals surface area contributed by atoms with Crippen LogP contribution in [0, 0.1) is 0 Å². The van der Waals surface area contributed by atoms with Gasteiger partial charge in [0.1, 0.15) is 0 Å². The van der Waals surface area contributed by atoms with Crippen LogP contribution in [0.1, 0.15) is 11.5 Å². The van der Waals surface area contributed by atoms with E-state index in [1.165, 1.54) is 61.1 Å². The molecular formula is C52H38N2. The van der Waals surface area contributed by atoms with Crippen LogP contribution in [-0.4, -0.2) is 6.04 Å². The lowest BCUT2D eigenvalue weighted by atomic mass is 9.86. The van der Waals surface area contributed by atoms with Crippen molar-refractivity contribution in [1.29, 1.82) is 0 Å². The van der Waals surface area contributed by atoms with Gasteiger partial charge in [-0.15, -0.1) is 0 Å². The van der Waals surface area contributed by atoms with Crippen LogP contribution in [0.3, 0.4) is 0 Å². The van der Waals surface area contributed by atoms with Crippen LogP contribution in [0.5, 0.6) is 0 Å². The van der Waals surface area contributed by atoms with Crippen molar-refractivity contribution in [3.63, 3.8) is 0 Å². The van der Waals surface area contributed by atoms with Gasteiger partial charge < -0.3 is 9.80 Å². The smallest absolute Gasteiger partial charge is 0.0629 e. The molecule has 0 amide bonds. The van der Waals surface area contributed by atoms with Crippen LogP contribution < -0.4 is 9.80 Å². The molecular weight excluding hydrogens is 653 g/mol. The number of para-hydroxylation sites is 1. The van der Waals surface area contributed by atoms with Gasteiger partial charge in [0.25, 0.3) is 0 Å². The highest BCUT2D eigenvalue weighted by molar-refractivity contribution is 5.90. The van der Waals surface area contributed by atoms with Crippen molar-refractivity contribution >= 4 is 39.2 Å². The summed E-state index contributed by atoms with van der Waals surface area (Å²) >= 11 is 0. The van der Waals surface area contributed by atoms with Crippen LogP contribution in [0.2, 0.25) is 0 Å². The standard InChI is InChI=1S/C52H38N2/c1-3-14-37(15-4-1)39-30-32-45(33-31-39)53(46-22-11-18-41(35-46)42-29-28-38-16-7-8-17-40(38)34-42)47-23-12-19-43(36-47)48-25-13-27-51-52(48)49-24-9-10-26-50(49)54(51)44-20-5-2-6-21-44/h1-36,49-50H. The first-order valence-electron chi connectivity index (χ1n) is 18.8. The SMILES string of the molecule is C1=CC2c3c(-c4cccc(N(c5ccc(-c6ccccc6)cc5)c5cccc(-c6ccc7ccccc7c6)c5)c4)cccc3N(c3ccccc3)C2C=C1. The number of hydrogen-bond donors (Lipinski definition) is 0. The number of benzene rings is 8. The van der Waals surface area contributed by atoms with Gasteiger partial charge in [-0.25, -0.2) is 0 Å². The first-order valence-corrected chi connectivity index (χ1v) is 18.8. The second kappa shape index (κ2) is 13.6. The van der Waals surface area contributed by atoms with Gasteiger partial charge in [-0.2, -0.15) is 0 Å². The molecule has 0 spiro atoms. The molecule has 2 nitrogen and oxygen atoms in total. The monoisotopic (exact) mass is 690 g/mol. The molecule has 0 aromatic heterocycles. The Morgan fingerprint density at radius 1 is 0.389 bits per heavy atom. The van der Waals surface area contributed by atoms with E-state index in [2.05, 4.69) is 228 Å². The molecule has 0 radical (unpaired) electrons. The Hall–Kier alpha value is -6.90. The van der Waals surface area contributed by atoms with Crippen molar-refractivity contribution < 1.29 is 0 Å². The highest BCUT2D eigenvalue weighted by Crippen LogP contribution is 2.51. The highest BCUT2D eigenvalue weighted by Gasteiger charge is 2.39. The van der Waals surface area contributed by atoms with Crippen LogP contribution >= 0.6 is 0 Å². The fraction of sp³-hybridized carbons (Fsp3) is 0.0385. The minimum Gasteiger partial charge on any atom is -0.333 e. The zero-order valence-electron chi connectivity index (χ0n) is 29.8. The molecule has 2 aliphatic rings. The fourth-order valence-electron chi connectivity index (χ4n) is 8.42. The molecule has 0 saturated carbocycles. The Bertz CT molecular complexity index is 2670. The summed E-state index contributed by atoms with van der Waals surface area (Å²) in [4.78, 5) is 4.90. The maximum Gasteiger partial charge on any atom is 0.0629 e. The van der Waals surface area contributed by atoms with Crippen molar-refractivity contribution in [2.45, 2.75) is 12.0 Å². The van der Waals surface area contributed by atoms with Crippen molar-refractivity contribution in [2.75, 3.05) is 9.80 Å². The number of hydrogen-bond acceptors (Lipinski definition) is 2. The average molecular weight is 691 g/mol. The molecule has 0 bridgehead atoms. The van der Waals surface area contributed by atoms with Gasteiger partial charge >= 0.3 is 0 Å². The maximum absolute atomic E-state index is 2.51. The Morgan fingerprint density at radius 2 is 0.981 bits per heavy atom. The van der Waals surface area contributed by atoms with E-state index >= 15 is 0 Å². The van der Waals surface area contributed by atoms with E-state index in [0.29, 0.717) is 0 Å². The molecule has 0 N–H and O–H groups in total. The zero-order chi connectivity index (χ0) is 35.8. The van der Waals surface area contributed by atoms with Crippen molar-refractivity contribution in [3.8, 4) is 33.4 Å². The normalized spacial score (nSPS) is 15.6. The summed E-state index contributed by atoms with van der Waals surface area (Å²) in [7, 11) is 0. The van der Waals surface area contributed by atoms with Gasteiger partial charge in [-0.3, -0.25) is 0 Å². The van der Waals surface area contributed by atoms with E-state index < -0.39 is 0 Å². The minimum atomic E-state index is 0.231. The van der Waals surface area contributed by atoms with E-state index in [0.717, 1.165) is 17.1 Å². The second-order valence-electron chi connectivity index (χ2n) is 14.1. The lowest BCUT2D eigenvalue weighted by Gasteiger charge is -2.28. The minimum absolute atomic E-state index is 0.231. The third kappa shape index (κ3) is 5.70. The van der Waals surface area contributed by atoms with Crippen molar-refractivity contribution in [2.24, 2.45) is 0 Å². The highest BCUT2D eigenvalue weighted by atomic mass is 15.2. The molecule has 0 fully saturated rings. The average Bonchev–Trinajstić information content (AvgIpc) is 3.59. The van der Waals surface area contributed by atoms with Gasteiger partial charge in [0, 0.05) is 34.4 Å². The molecule has 2 heteroatoms. The predicted molar refractivity (Wildman–Crippen MR) is 228 cm³/mol. The summed E-state index contributed by atoms with van der Waals surface area (Å²) in [5.74, 6) is 0.255. The summed E-state index contributed by atoms with van der Waals surface area (Å²) in [6.07, 6.45) is 9.12. The lowest BCUT2D eigenvalue weighted by Crippen LogP contribution is -2.28. The van der Waals surface area contributed by atoms with Crippen molar-refractivity contribution in [1.82, 2.24) is 0 Å². The predicted octanol–water partition coefficient (Wildman–Crippen LogP) is 14.0. The molecule has 1 heterocycles. The molecule has 8 aromatic rings. The number of anilines is 5. The molecule has 54 heavy (non-hydrogen) atoms. The van der Waals surface area contributed by atoms with Crippen LogP contribution in [0.15, 0.2) is 218 Å². The van der Waals surface area contributed by atoms with Gasteiger partial charge in [0.15, 0.2) is 0 Å². The topological polar surface area (TPSA) is 6.48 Å². The molecule has 0 saturated heterocycles. The number of fused-ring (bicyclic) bond motifs is 4. The Balaban J connectivity index is 1.10. The van der Waals surface area contributed by atoms with Crippen LogP contribution in [0.4, 0.5) is 28.4 Å². The van der Waals surface area contributed by atoms with E-state index in [1.54, 1.807) is 0 Å². The molecule has 8 aromatic carbocycles. The second-order valence-corrected chi connectivity index (χ2v) is 14.1. The zero-order valence-corrected chi connectivity index (χ0v) is 29.8. The fourth-order valence-corrected chi connectivity index (χ4v) is 8.42. The first-order chi connectivity index (χ1) is 26.8. The molecule has 2 unspecified atom stereocenters. The summed E-state index contributed by atoms with van der Waals surface area (Å²) in [6.45, 7) is 0. The van der Waals surface area contributed by atoms with Gasteiger partial charge in [0.2, 0.25) is 0 Å². The third-order valence-corrected chi connectivity index (χ3v) is 10.9. The Kier molecular flexibility index (Phi) is 8.00. The van der Waals surface area contributed by atoms with Crippen LogP contribution in [-0.2, 0) is 0 Å². The van der Waals surface area contributed by atoms with Crippen LogP contribution in [0.25, 0.3) is 44.2 Å². The summed E-state index contributed by atoms with van der Waals surface area (Å²) < 4.78 is 0. The van der Waals surface area contributed by atoms with E-state index in [1.807, 2.05) is 0 Å². The quantitative estimate of drug-likeness (QED) is 0.164. The summed E-state index contributed by atoms with van der Waals surface area (Å²) in [5, 5.41) is 2.49. The summed E-state index contributed by atoms with van der Waals surface area (Å²) in [6, 6.07) is 70.8. The van der Waals surface area contributed by atoms with Gasteiger partial charge in [0.05, 0.1) is 6.04 Å². The Labute approximate surface area is 317 Å². The number of rotatable bonds is 7.